The van der Waals surface area contributed by atoms with Crippen LogP contribution in [-0.4, -0.2) is 48.4 Å². The van der Waals surface area contributed by atoms with Gasteiger partial charge < -0.3 is 25.0 Å². The standard InChI is InChI=1S/C6H11O2.C3H10NO3P/c1-2-3-7-4-6-5-8-6;4-2-1-3-8(5,6)7/h6H,1-5H2;1-4H2,(H2,5,6,7). The van der Waals surface area contributed by atoms with E-state index in [2.05, 4.69) is 6.92 Å². The van der Waals surface area contributed by atoms with Crippen molar-refractivity contribution in [2.75, 3.05) is 32.5 Å². The van der Waals surface area contributed by atoms with Crippen LogP contribution in [0.25, 0.3) is 0 Å². The lowest BCUT2D eigenvalue weighted by Gasteiger charge is -1.98. The second-order valence-corrected chi connectivity index (χ2v) is 5.19. The average molecular weight is 254 g/mol. The van der Waals surface area contributed by atoms with Crippen molar-refractivity contribution in [1.29, 1.82) is 0 Å². The molecule has 0 aromatic heterocycles. The molecule has 4 N–H and O–H groups in total. The van der Waals surface area contributed by atoms with Crippen molar-refractivity contribution >= 4 is 7.60 Å². The Balaban J connectivity index is 0.000000281. The third-order valence-corrected chi connectivity index (χ3v) is 2.55. The van der Waals surface area contributed by atoms with E-state index in [4.69, 9.17) is 25.0 Å². The number of rotatable bonds is 7. The zero-order chi connectivity index (χ0) is 12.4. The van der Waals surface area contributed by atoms with E-state index in [0.29, 0.717) is 19.1 Å². The second-order valence-electron chi connectivity index (χ2n) is 3.41. The fraction of sp³-hybridized carbons (Fsp3) is 0.889. The molecule has 1 aliphatic heterocycles. The van der Waals surface area contributed by atoms with Gasteiger partial charge in [-0.15, -0.1) is 0 Å². The minimum absolute atomic E-state index is 0.0938. The predicted molar refractivity (Wildman–Crippen MR) is 61.1 cm³/mol. The number of ether oxygens (including phenoxy) is 2. The molecule has 0 bridgehead atoms. The van der Waals surface area contributed by atoms with Gasteiger partial charge in [0.1, 0.15) is 6.10 Å². The van der Waals surface area contributed by atoms with Gasteiger partial charge in [0.2, 0.25) is 0 Å². The van der Waals surface area contributed by atoms with Gasteiger partial charge in [0, 0.05) is 6.61 Å². The van der Waals surface area contributed by atoms with Crippen LogP contribution in [0.4, 0.5) is 0 Å². The Morgan fingerprint density at radius 2 is 2.19 bits per heavy atom. The summed E-state index contributed by atoms with van der Waals surface area (Å²) in [5.41, 5.74) is 4.99. The summed E-state index contributed by atoms with van der Waals surface area (Å²) in [5.74, 6) is 0. The highest BCUT2D eigenvalue weighted by molar-refractivity contribution is 7.51. The molecule has 0 saturated carbocycles. The zero-order valence-electron chi connectivity index (χ0n) is 9.38. The SMILES string of the molecule is NCCCP(=O)(O)O.[CH2]CCOCC1CO1. The number of hydrogen-bond acceptors (Lipinski definition) is 4. The van der Waals surface area contributed by atoms with Crippen LogP contribution in [0.2, 0.25) is 0 Å². The summed E-state index contributed by atoms with van der Waals surface area (Å²) in [7, 11) is -3.76. The van der Waals surface area contributed by atoms with Crippen LogP contribution in [0.5, 0.6) is 0 Å². The topological polar surface area (TPSA) is 105 Å². The van der Waals surface area contributed by atoms with Crippen LogP contribution in [-0.2, 0) is 14.0 Å². The summed E-state index contributed by atoms with van der Waals surface area (Å²) >= 11 is 0. The van der Waals surface area contributed by atoms with E-state index in [1.165, 1.54) is 0 Å². The molecule has 97 valence electrons. The average Bonchev–Trinajstić information content (AvgIpc) is 2.99. The van der Waals surface area contributed by atoms with Gasteiger partial charge in [-0.3, -0.25) is 4.57 Å². The molecule has 0 aliphatic carbocycles. The lowest BCUT2D eigenvalue weighted by atomic mass is 10.5. The summed E-state index contributed by atoms with van der Waals surface area (Å²) in [6.45, 7) is 6.38. The fourth-order valence-corrected chi connectivity index (χ4v) is 1.37. The van der Waals surface area contributed by atoms with Gasteiger partial charge in [-0.1, -0.05) is 6.92 Å². The van der Waals surface area contributed by atoms with Gasteiger partial charge in [0.15, 0.2) is 0 Å². The monoisotopic (exact) mass is 254 g/mol. The van der Waals surface area contributed by atoms with Gasteiger partial charge in [-0.05, 0) is 19.4 Å². The Bertz CT molecular complexity index is 204. The molecule has 1 unspecified atom stereocenters. The van der Waals surface area contributed by atoms with E-state index < -0.39 is 7.60 Å². The van der Waals surface area contributed by atoms with Crippen molar-refractivity contribution in [3.05, 3.63) is 6.92 Å². The maximum atomic E-state index is 10.0. The molecule has 6 nitrogen and oxygen atoms in total. The Kier molecular flexibility index (Phi) is 9.12. The third kappa shape index (κ3) is 14.0. The normalized spacial score (nSPS) is 18.9. The van der Waals surface area contributed by atoms with Gasteiger partial charge in [-0.2, -0.15) is 0 Å². The van der Waals surface area contributed by atoms with Crippen LogP contribution in [0, 0.1) is 6.92 Å². The lowest BCUT2D eigenvalue weighted by molar-refractivity contribution is 0.120. The molecule has 1 heterocycles. The largest absolute Gasteiger partial charge is 0.379 e. The number of epoxide rings is 1. The minimum atomic E-state index is -3.76. The molecule has 0 amide bonds. The Labute approximate surface area is 96.3 Å². The van der Waals surface area contributed by atoms with Crippen LogP contribution in [0.3, 0.4) is 0 Å². The summed E-state index contributed by atoms with van der Waals surface area (Å²) in [5, 5.41) is 0. The summed E-state index contributed by atoms with van der Waals surface area (Å²) in [4.78, 5) is 16.4. The number of nitrogens with two attached hydrogens (primary N) is 1. The van der Waals surface area contributed by atoms with E-state index in [0.717, 1.165) is 26.2 Å². The van der Waals surface area contributed by atoms with Gasteiger partial charge in [0.05, 0.1) is 19.4 Å². The molecular formula is C9H21NO5P. The van der Waals surface area contributed by atoms with Crippen LogP contribution in [0.15, 0.2) is 0 Å². The van der Waals surface area contributed by atoms with Crippen molar-refractivity contribution < 1.29 is 23.8 Å². The van der Waals surface area contributed by atoms with Crippen LogP contribution < -0.4 is 5.73 Å². The predicted octanol–water partition coefficient (Wildman–Crippen LogP) is 0.139. The summed E-state index contributed by atoms with van der Waals surface area (Å²) in [6.07, 6.45) is 1.56. The summed E-state index contributed by atoms with van der Waals surface area (Å²) < 4.78 is 20.1. The molecule has 1 atom stereocenters. The van der Waals surface area contributed by atoms with E-state index >= 15 is 0 Å². The fourth-order valence-electron chi connectivity index (χ4n) is 0.778. The van der Waals surface area contributed by atoms with Crippen molar-refractivity contribution in [1.82, 2.24) is 0 Å². The molecule has 1 saturated heterocycles. The second kappa shape index (κ2) is 9.10. The first-order chi connectivity index (χ1) is 7.49. The van der Waals surface area contributed by atoms with Crippen LogP contribution in [0.1, 0.15) is 12.8 Å². The van der Waals surface area contributed by atoms with Gasteiger partial charge in [-0.25, -0.2) is 0 Å². The molecule has 1 radical (unpaired) electrons. The molecule has 0 aromatic rings. The molecule has 1 aliphatic rings. The molecular weight excluding hydrogens is 233 g/mol. The van der Waals surface area contributed by atoms with Crippen molar-refractivity contribution in [3.8, 4) is 0 Å². The van der Waals surface area contributed by atoms with E-state index in [1.807, 2.05) is 0 Å². The minimum Gasteiger partial charge on any atom is -0.379 e. The first-order valence-corrected chi connectivity index (χ1v) is 7.02. The molecule has 1 fully saturated rings. The maximum absolute atomic E-state index is 10.0. The zero-order valence-corrected chi connectivity index (χ0v) is 10.3. The third-order valence-electron chi connectivity index (χ3n) is 1.65. The lowest BCUT2D eigenvalue weighted by Crippen LogP contribution is -2.01. The highest BCUT2D eigenvalue weighted by Crippen LogP contribution is 2.34. The van der Waals surface area contributed by atoms with Crippen molar-refractivity contribution in [2.45, 2.75) is 18.9 Å². The smallest absolute Gasteiger partial charge is 0.325 e. The Morgan fingerprint density at radius 1 is 1.56 bits per heavy atom. The molecule has 0 spiro atoms. The van der Waals surface area contributed by atoms with E-state index in [-0.39, 0.29) is 6.16 Å². The highest BCUT2D eigenvalue weighted by atomic mass is 31.2. The molecule has 16 heavy (non-hydrogen) atoms. The van der Waals surface area contributed by atoms with Gasteiger partial charge in [0.25, 0.3) is 0 Å². The Morgan fingerprint density at radius 3 is 2.50 bits per heavy atom. The molecule has 1 rings (SSSR count). The van der Waals surface area contributed by atoms with Crippen LogP contribution >= 0.6 is 7.60 Å². The van der Waals surface area contributed by atoms with E-state index in [1.54, 1.807) is 0 Å². The Hall–Kier alpha value is 0.0300. The number of hydrogen-bond donors (Lipinski definition) is 3. The van der Waals surface area contributed by atoms with Gasteiger partial charge >= 0.3 is 7.60 Å². The first-order valence-electron chi connectivity index (χ1n) is 5.23. The first kappa shape index (κ1) is 16.0. The maximum Gasteiger partial charge on any atom is 0.325 e. The highest BCUT2D eigenvalue weighted by Gasteiger charge is 2.21. The summed E-state index contributed by atoms with van der Waals surface area (Å²) in [6, 6.07) is 0. The molecule has 0 aromatic carbocycles. The van der Waals surface area contributed by atoms with Crippen molar-refractivity contribution in [3.63, 3.8) is 0 Å². The molecule has 7 heteroatoms. The van der Waals surface area contributed by atoms with E-state index in [9.17, 15) is 4.57 Å². The quantitative estimate of drug-likeness (QED) is 0.339. The van der Waals surface area contributed by atoms with Crippen molar-refractivity contribution in [2.24, 2.45) is 5.73 Å².